The van der Waals surface area contributed by atoms with E-state index in [1.807, 2.05) is 6.07 Å². The average molecular weight is 341 g/mol. The van der Waals surface area contributed by atoms with Crippen LogP contribution in [0.3, 0.4) is 0 Å². The number of benzene rings is 1. The molecule has 1 aliphatic rings. The minimum atomic E-state index is -0.687. The van der Waals surface area contributed by atoms with E-state index in [-0.39, 0.29) is 33.9 Å². The summed E-state index contributed by atoms with van der Waals surface area (Å²) >= 11 is 5.62. The molecule has 0 amide bonds. The minimum absolute atomic E-state index is 0.123. The zero-order valence-corrected chi connectivity index (χ0v) is 15.1. The molecule has 1 unspecified atom stereocenters. The van der Waals surface area contributed by atoms with Crippen LogP contribution >= 0.6 is 11.6 Å². The zero-order chi connectivity index (χ0) is 17.6. The molecule has 0 bridgehead atoms. The van der Waals surface area contributed by atoms with Gasteiger partial charge in [-0.25, -0.2) is 0 Å². The van der Waals surface area contributed by atoms with E-state index >= 15 is 0 Å². The average Bonchev–Trinajstić information content (AvgIpc) is 2.60. The maximum Gasteiger partial charge on any atom is 0.278 e. The molecule has 1 atom stereocenters. The van der Waals surface area contributed by atoms with Gasteiger partial charge in [0, 0.05) is 17.8 Å². The largest absolute Gasteiger partial charge is 0.390 e. The van der Waals surface area contributed by atoms with Gasteiger partial charge in [0.25, 0.3) is 5.69 Å². The van der Waals surface area contributed by atoms with Gasteiger partial charge in [-0.05, 0) is 35.8 Å². The molecule has 1 aromatic rings. The Kier molecular flexibility index (Phi) is 4.66. The number of nitro benzene ring substituents is 1. The van der Waals surface area contributed by atoms with Gasteiger partial charge in [-0.2, -0.15) is 0 Å². The number of halogens is 1. The number of rotatable bonds is 5. The number of hydrogen-bond acceptors (Lipinski definition) is 4. The highest BCUT2D eigenvalue weighted by Gasteiger charge is 2.47. The highest BCUT2D eigenvalue weighted by Crippen LogP contribution is 2.54. The third-order valence-electron chi connectivity index (χ3n) is 4.73. The van der Waals surface area contributed by atoms with E-state index in [0.29, 0.717) is 11.3 Å². The van der Waals surface area contributed by atoms with Gasteiger partial charge in [-0.3, -0.25) is 10.1 Å². The molecule has 1 aromatic carbocycles. The molecular formula is C17H25ClN2O3. The first-order chi connectivity index (χ1) is 10.5. The molecule has 0 saturated heterocycles. The van der Waals surface area contributed by atoms with Crippen molar-refractivity contribution in [1.82, 2.24) is 0 Å². The number of nitro groups is 1. The molecule has 0 spiro atoms. The fraction of sp³-hybridized carbons (Fsp3) is 0.647. The molecule has 0 heterocycles. The Labute approximate surface area is 142 Å². The van der Waals surface area contributed by atoms with Crippen molar-refractivity contribution in [3.8, 4) is 0 Å². The van der Waals surface area contributed by atoms with Crippen LogP contribution in [0, 0.1) is 17.0 Å². The predicted molar refractivity (Wildman–Crippen MR) is 93.7 cm³/mol. The molecule has 6 heteroatoms. The third-order valence-corrected chi connectivity index (χ3v) is 5.09. The third kappa shape index (κ3) is 3.17. The Bertz CT molecular complexity index is 641. The first kappa shape index (κ1) is 18.0. The molecule has 2 rings (SSSR count). The molecule has 5 nitrogen and oxygen atoms in total. The molecule has 0 saturated carbocycles. The lowest BCUT2D eigenvalue weighted by atomic mass is 9.81. The first-order valence-corrected chi connectivity index (χ1v) is 8.35. The maximum absolute atomic E-state index is 11.7. The van der Waals surface area contributed by atoms with E-state index in [9.17, 15) is 15.2 Å². The Hall–Kier alpha value is -1.33. The fourth-order valence-electron chi connectivity index (χ4n) is 3.97. The summed E-state index contributed by atoms with van der Waals surface area (Å²) in [5, 5.41) is 24.5. The molecular weight excluding hydrogens is 316 g/mol. The predicted octanol–water partition coefficient (Wildman–Crippen LogP) is 3.87. The van der Waals surface area contributed by atoms with E-state index in [1.54, 1.807) is 6.92 Å². The van der Waals surface area contributed by atoms with Crippen LogP contribution in [0.1, 0.15) is 50.8 Å². The van der Waals surface area contributed by atoms with Crippen LogP contribution < -0.4 is 5.32 Å². The van der Waals surface area contributed by atoms with Gasteiger partial charge in [-0.15, -0.1) is 11.6 Å². The Balaban J connectivity index is 2.62. The molecule has 0 aromatic heterocycles. The second-order valence-corrected chi connectivity index (χ2v) is 8.02. The summed E-state index contributed by atoms with van der Waals surface area (Å²) in [6.45, 7) is 10.4. The lowest BCUT2D eigenvalue weighted by Crippen LogP contribution is -2.22. The van der Waals surface area contributed by atoms with Gasteiger partial charge < -0.3 is 10.4 Å². The summed E-state index contributed by atoms with van der Waals surface area (Å²) in [6, 6.07) is 2.01. The van der Waals surface area contributed by atoms with Crippen molar-refractivity contribution in [2.75, 3.05) is 17.7 Å². The van der Waals surface area contributed by atoms with Gasteiger partial charge in [-0.1, -0.05) is 27.7 Å². The SMILES string of the molecule is Cc1c(NCC(O)CCl)cc2c(c1[N+](=O)[O-])C(C)(C)CC2(C)C. The molecule has 0 fully saturated rings. The summed E-state index contributed by atoms with van der Waals surface area (Å²) in [7, 11) is 0. The van der Waals surface area contributed by atoms with Crippen LogP contribution in [-0.4, -0.2) is 28.6 Å². The number of nitrogens with zero attached hydrogens (tertiary/aromatic N) is 1. The smallest absolute Gasteiger partial charge is 0.278 e. The molecule has 1 aliphatic carbocycles. The van der Waals surface area contributed by atoms with Crippen molar-refractivity contribution in [2.24, 2.45) is 0 Å². The van der Waals surface area contributed by atoms with Gasteiger partial charge in [0.1, 0.15) is 0 Å². The minimum Gasteiger partial charge on any atom is -0.390 e. The van der Waals surface area contributed by atoms with Crippen LogP contribution in [0.2, 0.25) is 0 Å². The van der Waals surface area contributed by atoms with Crippen LogP contribution in [-0.2, 0) is 10.8 Å². The number of nitrogens with one attached hydrogen (secondary N) is 1. The highest BCUT2D eigenvalue weighted by atomic mass is 35.5. The van der Waals surface area contributed by atoms with Crippen molar-refractivity contribution < 1.29 is 10.0 Å². The normalized spacial score (nSPS) is 19.3. The van der Waals surface area contributed by atoms with Crippen LogP contribution in [0.25, 0.3) is 0 Å². The van der Waals surface area contributed by atoms with E-state index < -0.39 is 6.10 Å². The second-order valence-electron chi connectivity index (χ2n) is 7.71. The lowest BCUT2D eigenvalue weighted by Gasteiger charge is -2.22. The summed E-state index contributed by atoms with van der Waals surface area (Å²) < 4.78 is 0. The monoisotopic (exact) mass is 340 g/mol. The number of alkyl halides is 1. The Morgan fingerprint density at radius 2 is 2.00 bits per heavy atom. The van der Waals surface area contributed by atoms with Crippen LogP contribution in [0.4, 0.5) is 11.4 Å². The summed E-state index contributed by atoms with van der Waals surface area (Å²) in [5.41, 5.74) is 3.00. The molecule has 0 radical (unpaired) electrons. The van der Waals surface area contributed by atoms with Crippen LogP contribution in [0.15, 0.2) is 6.07 Å². The van der Waals surface area contributed by atoms with Crippen molar-refractivity contribution in [3.05, 3.63) is 32.9 Å². The molecule has 128 valence electrons. The summed E-state index contributed by atoms with van der Waals surface area (Å²) in [4.78, 5) is 11.5. The van der Waals surface area contributed by atoms with Gasteiger partial charge in [0.15, 0.2) is 0 Å². The van der Waals surface area contributed by atoms with E-state index in [0.717, 1.165) is 17.5 Å². The van der Waals surface area contributed by atoms with Crippen molar-refractivity contribution in [3.63, 3.8) is 0 Å². The van der Waals surface area contributed by atoms with Crippen LogP contribution in [0.5, 0.6) is 0 Å². The standard InChI is InChI=1S/C17H25ClN2O3/c1-10-13(19-8-11(21)7-18)6-12-14(15(10)20(22)23)17(4,5)9-16(12,2)3/h6,11,19,21H,7-9H2,1-5H3. The molecule has 23 heavy (non-hydrogen) atoms. The quantitative estimate of drug-likeness (QED) is 0.484. The second kappa shape index (κ2) is 5.95. The zero-order valence-electron chi connectivity index (χ0n) is 14.4. The van der Waals surface area contributed by atoms with E-state index in [4.69, 9.17) is 11.6 Å². The number of fused-ring (bicyclic) bond motifs is 1. The number of aliphatic hydroxyl groups is 1. The van der Waals surface area contributed by atoms with E-state index in [1.165, 1.54) is 0 Å². The van der Waals surface area contributed by atoms with Gasteiger partial charge >= 0.3 is 0 Å². The maximum atomic E-state index is 11.7. The van der Waals surface area contributed by atoms with Gasteiger partial charge in [0.2, 0.25) is 0 Å². The molecule has 2 N–H and O–H groups in total. The number of hydrogen-bond donors (Lipinski definition) is 2. The van der Waals surface area contributed by atoms with Gasteiger partial charge in [0.05, 0.1) is 22.5 Å². The summed E-state index contributed by atoms with van der Waals surface area (Å²) in [5.74, 6) is 0.123. The number of anilines is 1. The van der Waals surface area contributed by atoms with Crippen molar-refractivity contribution >= 4 is 23.0 Å². The topological polar surface area (TPSA) is 75.4 Å². The highest BCUT2D eigenvalue weighted by molar-refractivity contribution is 6.18. The van der Waals surface area contributed by atoms with Crippen molar-refractivity contribution in [2.45, 2.75) is 58.0 Å². The fourth-order valence-corrected chi connectivity index (χ4v) is 4.08. The first-order valence-electron chi connectivity index (χ1n) is 7.82. The Morgan fingerprint density at radius 1 is 1.39 bits per heavy atom. The number of aliphatic hydroxyl groups excluding tert-OH is 1. The molecule has 0 aliphatic heterocycles. The van der Waals surface area contributed by atoms with Crippen molar-refractivity contribution in [1.29, 1.82) is 0 Å². The Morgan fingerprint density at radius 3 is 2.52 bits per heavy atom. The van der Waals surface area contributed by atoms with E-state index in [2.05, 4.69) is 33.0 Å². The summed E-state index contributed by atoms with van der Waals surface area (Å²) in [6.07, 6.45) is 0.177. The lowest BCUT2D eigenvalue weighted by molar-refractivity contribution is -0.386.